The minimum absolute atomic E-state index is 0.383. The van der Waals surface area contributed by atoms with Crippen LogP contribution in [0.5, 0.6) is 0 Å². The van der Waals surface area contributed by atoms with Crippen molar-refractivity contribution in [3.8, 4) is 0 Å². The third-order valence-electron chi connectivity index (χ3n) is 3.20. The highest BCUT2D eigenvalue weighted by atomic mass is 35.5. The summed E-state index contributed by atoms with van der Waals surface area (Å²) in [7, 11) is 0. The van der Waals surface area contributed by atoms with Gasteiger partial charge < -0.3 is 4.57 Å². The monoisotopic (exact) mass is 336 g/mol. The summed E-state index contributed by atoms with van der Waals surface area (Å²) in [5.74, 6) is 2.15. The quantitative estimate of drug-likeness (QED) is 0.567. The number of benzene rings is 1. The van der Waals surface area contributed by atoms with Crippen LogP contribution in [0.3, 0.4) is 0 Å². The Hall–Kier alpha value is -0.880. The maximum atomic E-state index is 12.8. The lowest BCUT2D eigenvalue weighted by Gasteiger charge is -2.09. The molecule has 1 aromatic carbocycles. The molecule has 0 fully saturated rings. The van der Waals surface area contributed by atoms with Gasteiger partial charge in [0.1, 0.15) is 5.82 Å². The van der Waals surface area contributed by atoms with Crippen LogP contribution < -0.4 is 0 Å². The van der Waals surface area contributed by atoms with Crippen molar-refractivity contribution in [1.29, 1.82) is 0 Å². The molecule has 2 aromatic rings. The second-order valence-electron chi connectivity index (χ2n) is 4.67. The number of aryl methyl sites for hydroxylation is 2. The van der Waals surface area contributed by atoms with Crippen molar-refractivity contribution in [3.05, 3.63) is 29.6 Å². The van der Waals surface area contributed by atoms with Crippen molar-refractivity contribution in [3.63, 3.8) is 0 Å². The Labute approximate surface area is 130 Å². The molecule has 0 bridgehead atoms. The highest BCUT2D eigenvalue weighted by Crippen LogP contribution is 2.31. The van der Waals surface area contributed by atoms with Gasteiger partial charge in [0.25, 0.3) is 0 Å². The molecule has 0 amide bonds. The Morgan fingerprint density at radius 3 is 2.71 bits per heavy atom. The summed E-state index contributed by atoms with van der Waals surface area (Å²) < 4.78 is 40.3. The second kappa shape index (κ2) is 6.92. The second-order valence-corrected chi connectivity index (χ2v) is 6.03. The van der Waals surface area contributed by atoms with E-state index in [9.17, 15) is 13.2 Å². The van der Waals surface area contributed by atoms with Crippen LogP contribution in [-0.2, 0) is 19.1 Å². The molecule has 1 aromatic heterocycles. The van der Waals surface area contributed by atoms with Crippen molar-refractivity contribution in [2.75, 3.05) is 17.9 Å². The molecule has 0 atom stereocenters. The molecule has 0 saturated carbocycles. The highest BCUT2D eigenvalue weighted by molar-refractivity contribution is 7.98. The molecule has 0 N–H and O–H groups in total. The van der Waals surface area contributed by atoms with Gasteiger partial charge in [0.05, 0.1) is 16.6 Å². The summed E-state index contributed by atoms with van der Waals surface area (Å²) in [5, 5.41) is 0. The van der Waals surface area contributed by atoms with E-state index in [1.807, 2.05) is 10.8 Å². The van der Waals surface area contributed by atoms with Crippen LogP contribution >= 0.6 is 23.4 Å². The summed E-state index contributed by atoms with van der Waals surface area (Å²) in [4.78, 5) is 4.33. The van der Waals surface area contributed by atoms with Crippen LogP contribution in [0.1, 0.15) is 17.8 Å². The number of hydrogen-bond acceptors (Lipinski definition) is 2. The predicted molar refractivity (Wildman–Crippen MR) is 82.2 cm³/mol. The van der Waals surface area contributed by atoms with E-state index < -0.39 is 11.7 Å². The number of alkyl halides is 4. The normalized spacial score (nSPS) is 12.2. The number of aromatic nitrogens is 2. The van der Waals surface area contributed by atoms with E-state index in [1.165, 1.54) is 6.07 Å². The standard InChI is InChI=1S/C14H16ClF3N2S/c1-21-8-2-7-20-12-4-3-10(14(16,17)18)9-11(12)19-13(20)5-6-15/h3-4,9H,2,5-8H2,1H3. The number of hydrogen-bond donors (Lipinski definition) is 0. The third-order valence-corrected chi connectivity index (χ3v) is 4.09. The van der Waals surface area contributed by atoms with Gasteiger partial charge in [-0.05, 0) is 36.6 Å². The SMILES string of the molecule is CSCCCn1c(CCCl)nc2cc(C(F)(F)F)ccc21. The van der Waals surface area contributed by atoms with Gasteiger partial charge in [0.2, 0.25) is 0 Å². The molecule has 1 heterocycles. The van der Waals surface area contributed by atoms with Gasteiger partial charge in [-0.1, -0.05) is 0 Å². The largest absolute Gasteiger partial charge is 0.416 e. The molecule has 21 heavy (non-hydrogen) atoms. The lowest BCUT2D eigenvalue weighted by Crippen LogP contribution is -2.06. The number of rotatable bonds is 6. The summed E-state index contributed by atoms with van der Waals surface area (Å²) in [6.07, 6.45) is -0.815. The Bertz CT molecular complexity index is 610. The maximum absolute atomic E-state index is 12.8. The summed E-state index contributed by atoms with van der Waals surface area (Å²) in [5.41, 5.74) is 0.458. The van der Waals surface area contributed by atoms with E-state index in [4.69, 9.17) is 11.6 Å². The summed E-state index contributed by atoms with van der Waals surface area (Å²) >= 11 is 7.51. The number of nitrogens with zero attached hydrogens (tertiary/aromatic N) is 2. The number of thioether (sulfide) groups is 1. The molecule has 0 spiro atoms. The maximum Gasteiger partial charge on any atom is 0.416 e. The average Bonchev–Trinajstić information content (AvgIpc) is 2.76. The van der Waals surface area contributed by atoms with Crippen molar-refractivity contribution in [2.24, 2.45) is 0 Å². The first-order chi connectivity index (χ1) is 9.97. The first kappa shape index (κ1) is 16.5. The Morgan fingerprint density at radius 1 is 1.33 bits per heavy atom. The van der Waals surface area contributed by atoms with Crippen LogP contribution in [0.2, 0.25) is 0 Å². The van der Waals surface area contributed by atoms with Crippen molar-refractivity contribution < 1.29 is 13.2 Å². The number of halogens is 4. The molecular weight excluding hydrogens is 321 g/mol. The number of imidazole rings is 1. The molecule has 0 aliphatic heterocycles. The van der Waals surface area contributed by atoms with Crippen LogP contribution in [0.25, 0.3) is 11.0 Å². The molecule has 7 heteroatoms. The van der Waals surface area contributed by atoms with Gasteiger partial charge in [0, 0.05) is 18.8 Å². The molecule has 0 radical (unpaired) electrons. The molecule has 116 valence electrons. The van der Waals surface area contributed by atoms with Crippen LogP contribution in [0, 0.1) is 0 Å². The van der Waals surface area contributed by atoms with E-state index in [0.29, 0.717) is 17.8 Å². The van der Waals surface area contributed by atoms with Gasteiger partial charge in [0.15, 0.2) is 0 Å². The van der Waals surface area contributed by atoms with Gasteiger partial charge >= 0.3 is 6.18 Å². The average molecular weight is 337 g/mol. The molecule has 0 aliphatic carbocycles. The fourth-order valence-corrected chi connectivity index (χ4v) is 2.83. The molecule has 0 saturated heterocycles. The third kappa shape index (κ3) is 3.86. The fraction of sp³-hybridized carbons (Fsp3) is 0.500. The predicted octanol–water partition coefficient (Wildman–Crippen LogP) is 4.59. The fourth-order valence-electron chi connectivity index (χ4n) is 2.25. The van der Waals surface area contributed by atoms with Crippen molar-refractivity contribution in [2.45, 2.75) is 25.6 Å². The van der Waals surface area contributed by atoms with Gasteiger partial charge in [-0.25, -0.2) is 4.98 Å². The summed E-state index contributed by atoms with van der Waals surface area (Å²) in [6.45, 7) is 0.745. The number of fused-ring (bicyclic) bond motifs is 1. The minimum atomic E-state index is -4.34. The Balaban J connectivity index is 2.41. The lowest BCUT2D eigenvalue weighted by molar-refractivity contribution is -0.137. The molecular formula is C14H16ClF3N2S. The highest BCUT2D eigenvalue weighted by Gasteiger charge is 2.31. The van der Waals surface area contributed by atoms with Gasteiger partial charge in [-0.3, -0.25) is 0 Å². The lowest BCUT2D eigenvalue weighted by atomic mass is 10.2. The van der Waals surface area contributed by atoms with Crippen LogP contribution in [-0.4, -0.2) is 27.4 Å². The van der Waals surface area contributed by atoms with Gasteiger partial charge in [-0.15, -0.1) is 11.6 Å². The Kier molecular flexibility index (Phi) is 5.43. The molecule has 2 nitrogen and oxygen atoms in total. The first-order valence-corrected chi connectivity index (χ1v) is 8.51. The van der Waals surface area contributed by atoms with Crippen LogP contribution in [0.15, 0.2) is 18.2 Å². The zero-order chi connectivity index (χ0) is 15.5. The van der Waals surface area contributed by atoms with E-state index in [1.54, 1.807) is 11.8 Å². The molecule has 0 unspecified atom stereocenters. The molecule has 2 rings (SSSR count). The first-order valence-electron chi connectivity index (χ1n) is 6.58. The van der Waals surface area contributed by atoms with E-state index >= 15 is 0 Å². The van der Waals surface area contributed by atoms with E-state index in [0.717, 1.165) is 42.2 Å². The van der Waals surface area contributed by atoms with Crippen LogP contribution in [0.4, 0.5) is 13.2 Å². The van der Waals surface area contributed by atoms with Gasteiger partial charge in [-0.2, -0.15) is 24.9 Å². The molecule has 0 aliphatic rings. The minimum Gasteiger partial charge on any atom is -0.328 e. The van der Waals surface area contributed by atoms with E-state index in [-0.39, 0.29) is 0 Å². The Morgan fingerprint density at radius 2 is 2.10 bits per heavy atom. The van der Waals surface area contributed by atoms with Crippen molar-refractivity contribution in [1.82, 2.24) is 9.55 Å². The summed E-state index contributed by atoms with van der Waals surface area (Å²) in [6, 6.07) is 3.72. The zero-order valence-electron chi connectivity index (χ0n) is 11.6. The zero-order valence-corrected chi connectivity index (χ0v) is 13.2. The topological polar surface area (TPSA) is 17.8 Å². The smallest absolute Gasteiger partial charge is 0.328 e. The van der Waals surface area contributed by atoms with E-state index in [2.05, 4.69) is 4.98 Å². The van der Waals surface area contributed by atoms with Crippen molar-refractivity contribution >= 4 is 34.4 Å².